The van der Waals surface area contributed by atoms with Crippen LogP contribution in [0.25, 0.3) is 0 Å². The molecule has 0 fully saturated rings. The molecule has 0 spiro atoms. The van der Waals surface area contributed by atoms with Crippen LogP contribution in [0.1, 0.15) is 26.3 Å². The number of nitrogens with zero attached hydrogens (tertiary/aromatic N) is 2. The molecule has 0 radical (unpaired) electrons. The summed E-state index contributed by atoms with van der Waals surface area (Å²) in [5, 5.41) is 2.82. The van der Waals surface area contributed by atoms with E-state index in [1.54, 1.807) is 31.2 Å². The van der Waals surface area contributed by atoms with Crippen molar-refractivity contribution < 1.29 is 18.0 Å². The molecule has 0 unspecified atom stereocenters. The minimum atomic E-state index is -3.74. The van der Waals surface area contributed by atoms with Gasteiger partial charge in [0.25, 0.3) is 0 Å². The lowest BCUT2D eigenvalue weighted by molar-refractivity contribution is -0.139. The van der Waals surface area contributed by atoms with Crippen LogP contribution in [0.15, 0.2) is 57.5 Å². The Bertz CT molecular complexity index is 1060. The Balaban J connectivity index is 2.38. The molecule has 0 aromatic heterocycles. The van der Waals surface area contributed by atoms with E-state index in [0.717, 1.165) is 25.1 Å². The number of nitrogens with one attached hydrogen (secondary N) is 1. The normalized spacial score (nSPS) is 12.3. The van der Waals surface area contributed by atoms with Gasteiger partial charge in [0.15, 0.2) is 0 Å². The van der Waals surface area contributed by atoms with E-state index in [1.165, 1.54) is 4.90 Å². The third-order valence-electron chi connectivity index (χ3n) is 4.63. The van der Waals surface area contributed by atoms with Gasteiger partial charge in [-0.25, -0.2) is 8.42 Å². The van der Waals surface area contributed by atoms with Gasteiger partial charge in [-0.3, -0.25) is 13.9 Å². The van der Waals surface area contributed by atoms with Crippen LogP contribution in [0, 0.1) is 0 Å². The third kappa shape index (κ3) is 7.60. The molecule has 32 heavy (non-hydrogen) atoms. The topological polar surface area (TPSA) is 86.8 Å². The van der Waals surface area contributed by atoms with Crippen molar-refractivity contribution >= 4 is 59.4 Å². The molecule has 0 aliphatic heterocycles. The first-order valence-corrected chi connectivity index (χ1v) is 13.4. The fourth-order valence-corrected chi connectivity index (χ4v) is 4.60. The van der Waals surface area contributed by atoms with E-state index in [0.29, 0.717) is 5.69 Å². The molecule has 0 bridgehead atoms. The lowest BCUT2D eigenvalue weighted by atomic mass is 10.1. The number of hydrogen-bond donors (Lipinski definition) is 1. The summed E-state index contributed by atoms with van der Waals surface area (Å²) in [5.74, 6) is -0.789. The maximum atomic E-state index is 13.4. The molecule has 7 nitrogen and oxygen atoms in total. The van der Waals surface area contributed by atoms with Crippen molar-refractivity contribution in [2.45, 2.75) is 39.4 Å². The molecule has 1 N–H and O–H groups in total. The maximum Gasteiger partial charge on any atom is 0.244 e. The van der Waals surface area contributed by atoms with E-state index < -0.39 is 28.5 Å². The quantitative estimate of drug-likeness (QED) is 0.481. The number of carbonyl (C=O) groups excluding carboxylic acids is 2. The number of rotatable bonds is 9. The van der Waals surface area contributed by atoms with Crippen molar-refractivity contribution in [1.29, 1.82) is 0 Å². The Morgan fingerprint density at radius 3 is 2.16 bits per heavy atom. The Morgan fingerprint density at radius 1 is 1.00 bits per heavy atom. The average Bonchev–Trinajstić information content (AvgIpc) is 2.69. The maximum absolute atomic E-state index is 13.4. The van der Waals surface area contributed by atoms with Crippen LogP contribution in [-0.2, 0) is 26.2 Å². The van der Waals surface area contributed by atoms with Crippen LogP contribution in [0.3, 0.4) is 0 Å². The van der Waals surface area contributed by atoms with Gasteiger partial charge in [-0.05, 0) is 62.7 Å². The van der Waals surface area contributed by atoms with Crippen molar-refractivity contribution in [3.8, 4) is 0 Å². The van der Waals surface area contributed by atoms with Crippen LogP contribution in [0.5, 0.6) is 0 Å². The molecule has 2 aromatic carbocycles. The smallest absolute Gasteiger partial charge is 0.244 e. The predicted molar refractivity (Wildman–Crippen MR) is 134 cm³/mol. The summed E-state index contributed by atoms with van der Waals surface area (Å²) in [4.78, 5) is 27.5. The molecule has 0 saturated carbocycles. The lowest BCUT2D eigenvalue weighted by Gasteiger charge is -2.32. The van der Waals surface area contributed by atoms with Crippen LogP contribution >= 0.6 is 31.9 Å². The summed E-state index contributed by atoms with van der Waals surface area (Å²) >= 11 is 6.74. The fourth-order valence-electron chi connectivity index (χ4n) is 3.04. The van der Waals surface area contributed by atoms with Gasteiger partial charge >= 0.3 is 0 Å². The van der Waals surface area contributed by atoms with Crippen LogP contribution < -0.4 is 9.62 Å². The first-order valence-electron chi connectivity index (χ1n) is 9.96. The molecule has 2 rings (SSSR count). The largest absolute Gasteiger partial charge is 0.352 e. The summed E-state index contributed by atoms with van der Waals surface area (Å²) in [5.41, 5.74) is 1.18. The molecule has 0 aliphatic rings. The van der Waals surface area contributed by atoms with Crippen molar-refractivity contribution in [1.82, 2.24) is 10.2 Å². The number of amides is 2. The highest BCUT2D eigenvalue weighted by molar-refractivity contribution is 9.10. The second-order valence-corrected chi connectivity index (χ2v) is 11.5. The minimum Gasteiger partial charge on any atom is -0.352 e. The molecule has 10 heteroatoms. The van der Waals surface area contributed by atoms with Crippen LogP contribution in [-0.4, -0.2) is 50.0 Å². The molecular weight excluding hydrogens is 562 g/mol. The van der Waals surface area contributed by atoms with Gasteiger partial charge in [-0.15, -0.1) is 0 Å². The van der Waals surface area contributed by atoms with E-state index in [-0.39, 0.29) is 18.5 Å². The van der Waals surface area contributed by atoms with Gasteiger partial charge in [0.05, 0.1) is 11.9 Å². The molecule has 2 aromatic rings. The molecule has 0 aliphatic carbocycles. The highest BCUT2D eigenvalue weighted by atomic mass is 79.9. The zero-order valence-electron chi connectivity index (χ0n) is 18.4. The third-order valence-corrected chi connectivity index (χ3v) is 6.80. The highest BCUT2D eigenvalue weighted by Crippen LogP contribution is 2.22. The number of anilines is 1. The standard InChI is InChI=1S/C22H27Br2N3O4S/c1-15(2)25-22(29)16(3)26(13-17-6-5-7-19(24)12-17)21(28)14-27(32(4,30)31)20-10-8-18(23)9-11-20/h5-12,15-16H,13-14H2,1-4H3,(H,25,29)/t16-/m1/s1. The molecule has 0 heterocycles. The monoisotopic (exact) mass is 587 g/mol. The van der Waals surface area contributed by atoms with Gasteiger partial charge < -0.3 is 10.2 Å². The van der Waals surface area contributed by atoms with Crippen molar-refractivity contribution in [3.63, 3.8) is 0 Å². The number of benzene rings is 2. The number of halogens is 2. The predicted octanol–water partition coefficient (Wildman–Crippen LogP) is 3.92. The number of carbonyl (C=O) groups is 2. The number of sulfonamides is 1. The average molecular weight is 589 g/mol. The Hall–Kier alpha value is -1.91. The zero-order chi connectivity index (χ0) is 24.1. The van der Waals surface area contributed by atoms with E-state index in [9.17, 15) is 18.0 Å². The van der Waals surface area contributed by atoms with Crippen LogP contribution in [0.2, 0.25) is 0 Å². The summed E-state index contributed by atoms with van der Waals surface area (Å²) in [7, 11) is -3.74. The summed E-state index contributed by atoms with van der Waals surface area (Å²) in [6, 6.07) is 13.2. The van der Waals surface area contributed by atoms with E-state index in [1.807, 2.05) is 38.1 Å². The Labute approximate surface area is 206 Å². The summed E-state index contributed by atoms with van der Waals surface area (Å²) in [6.45, 7) is 5.04. The highest BCUT2D eigenvalue weighted by Gasteiger charge is 2.30. The lowest BCUT2D eigenvalue weighted by Crippen LogP contribution is -2.52. The van der Waals surface area contributed by atoms with E-state index >= 15 is 0 Å². The van der Waals surface area contributed by atoms with Crippen LogP contribution in [0.4, 0.5) is 5.69 Å². The SMILES string of the molecule is CC(C)NC(=O)[C@@H](C)N(Cc1cccc(Br)c1)C(=O)CN(c1ccc(Br)cc1)S(C)(=O)=O. The molecule has 2 amide bonds. The zero-order valence-corrected chi connectivity index (χ0v) is 22.4. The fraction of sp³-hybridized carbons (Fsp3) is 0.364. The van der Waals surface area contributed by atoms with Gasteiger partial charge in [0.1, 0.15) is 12.6 Å². The minimum absolute atomic E-state index is 0.0944. The van der Waals surface area contributed by atoms with Crippen molar-refractivity contribution in [2.24, 2.45) is 0 Å². The second kappa shape index (κ2) is 11.3. The molecular formula is C22H27Br2N3O4S. The van der Waals surface area contributed by atoms with Gasteiger partial charge in [0, 0.05) is 21.5 Å². The molecule has 174 valence electrons. The molecule has 0 saturated heterocycles. The molecule has 1 atom stereocenters. The van der Waals surface area contributed by atoms with E-state index in [4.69, 9.17) is 0 Å². The number of hydrogen-bond acceptors (Lipinski definition) is 4. The first-order chi connectivity index (χ1) is 14.9. The van der Waals surface area contributed by atoms with Crippen molar-refractivity contribution in [2.75, 3.05) is 17.1 Å². The summed E-state index contributed by atoms with van der Waals surface area (Å²) in [6.07, 6.45) is 1.05. The second-order valence-electron chi connectivity index (χ2n) is 7.74. The van der Waals surface area contributed by atoms with E-state index in [2.05, 4.69) is 37.2 Å². The van der Waals surface area contributed by atoms with Crippen molar-refractivity contribution in [3.05, 3.63) is 63.0 Å². The Kier molecular flexibility index (Phi) is 9.29. The van der Waals surface area contributed by atoms with Gasteiger partial charge in [-0.1, -0.05) is 44.0 Å². The van der Waals surface area contributed by atoms with Gasteiger partial charge in [-0.2, -0.15) is 0 Å². The first kappa shape index (κ1) is 26.3. The summed E-state index contributed by atoms with van der Waals surface area (Å²) < 4.78 is 27.6. The Morgan fingerprint density at radius 2 is 1.62 bits per heavy atom. The van der Waals surface area contributed by atoms with Gasteiger partial charge in [0.2, 0.25) is 21.8 Å².